The molecular weight excluding hydrogens is 250 g/mol. The molecule has 1 aromatic carbocycles. The quantitative estimate of drug-likeness (QED) is 0.507. The van der Waals surface area contributed by atoms with Gasteiger partial charge in [0.05, 0.1) is 12.6 Å². The van der Waals surface area contributed by atoms with Crippen molar-refractivity contribution in [2.45, 2.75) is 10.3 Å². The molecule has 1 atom stereocenters. The Kier molecular flexibility index (Phi) is 4.11. The number of rotatable bonds is 4. The van der Waals surface area contributed by atoms with Gasteiger partial charge in [-0.2, -0.15) is 0 Å². The van der Waals surface area contributed by atoms with E-state index in [1.54, 1.807) is 0 Å². The molecule has 1 unspecified atom stereocenters. The molecule has 6 heteroatoms. The first kappa shape index (κ1) is 12.8. The monoisotopic (exact) mass is 263 g/mol. The van der Waals surface area contributed by atoms with E-state index in [4.69, 9.17) is 10.5 Å². The lowest BCUT2D eigenvalue weighted by Gasteiger charge is -2.12. The Labute approximate surface area is 109 Å². The molecule has 0 aliphatic carbocycles. The second-order valence-corrected chi connectivity index (χ2v) is 4.75. The Morgan fingerprint density at radius 2 is 2.22 bits per heavy atom. The van der Waals surface area contributed by atoms with Gasteiger partial charge in [-0.1, -0.05) is 30.0 Å². The van der Waals surface area contributed by atoms with Crippen LogP contribution in [0.2, 0.25) is 0 Å². The topological polar surface area (TPSA) is 78.1 Å². The number of nitrogens with two attached hydrogens (primary N) is 1. The second kappa shape index (κ2) is 5.79. The number of fused-ring (bicyclic) bond motifs is 1. The summed E-state index contributed by atoms with van der Waals surface area (Å²) in [7, 11) is 1.35. The largest absolute Gasteiger partial charge is 0.468 e. The van der Waals surface area contributed by atoms with Gasteiger partial charge in [0, 0.05) is 11.9 Å². The molecule has 0 spiro atoms. The van der Waals surface area contributed by atoms with Crippen LogP contribution in [-0.4, -0.2) is 34.8 Å². The van der Waals surface area contributed by atoms with Gasteiger partial charge in [0.1, 0.15) is 16.6 Å². The maximum atomic E-state index is 11.5. The highest BCUT2D eigenvalue weighted by Gasteiger charge is 2.20. The molecular formula is C12H13N3O2S. The van der Waals surface area contributed by atoms with Gasteiger partial charge < -0.3 is 10.5 Å². The molecule has 0 saturated carbocycles. The summed E-state index contributed by atoms with van der Waals surface area (Å²) in [6.45, 7) is 0.204. The van der Waals surface area contributed by atoms with Gasteiger partial charge in [0.15, 0.2) is 0 Å². The smallest absolute Gasteiger partial charge is 0.320 e. The summed E-state index contributed by atoms with van der Waals surface area (Å²) in [6, 6.07) is 7.63. The van der Waals surface area contributed by atoms with Crippen LogP contribution in [0.3, 0.4) is 0 Å². The van der Waals surface area contributed by atoms with E-state index in [9.17, 15) is 4.79 Å². The molecule has 0 radical (unpaired) electrons. The van der Waals surface area contributed by atoms with E-state index in [0.29, 0.717) is 0 Å². The first-order valence-electron chi connectivity index (χ1n) is 5.40. The summed E-state index contributed by atoms with van der Waals surface area (Å²) in [5.74, 6) is -0.342. The Bertz CT molecular complexity index is 557. The average Bonchev–Trinajstić information content (AvgIpc) is 2.44. The van der Waals surface area contributed by atoms with Crippen LogP contribution in [0.4, 0.5) is 0 Å². The minimum atomic E-state index is -0.451. The molecule has 0 amide bonds. The van der Waals surface area contributed by atoms with Crippen LogP contribution in [0.1, 0.15) is 0 Å². The standard InChI is InChI=1S/C12H13N3O2S/c1-17-12(16)10(6-13)18-11-8-4-2-3-5-9(8)14-7-15-11/h2-5,7,10H,6,13H2,1H3. The first-order chi connectivity index (χ1) is 8.76. The van der Waals surface area contributed by atoms with Crippen molar-refractivity contribution in [2.24, 2.45) is 5.73 Å². The number of carbonyl (C=O) groups is 1. The highest BCUT2D eigenvalue weighted by atomic mass is 32.2. The van der Waals surface area contributed by atoms with E-state index in [2.05, 4.69) is 9.97 Å². The lowest BCUT2D eigenvalue weighted by molar-refractivity contribution is -0.139. The molecule has 2 rings (SSSR count). The van der Waals surface area contributed by atoms with Crippen molar-refractivity contribution in [3.05, 3.63) is 30.6 Å². The number of para-hydroxylation sites is 1. The fraction of sp³-hybridized carbons (Fsp3) is 0.250. The minimum Gasteiger partial charge on any atom is -0.468 e. The Hall–Kier alpha value is -1.66. The molecule has 18 heavy (non-hydrogen) atoms. The van der Waals surface area contributed by atoms with Crippen LogP contribution in [-0.2, 0) is 9.53 Å². The molecule has 1 aromatic heterocycles. The molecule has 2 aromatic rings. The van der Waals surface area contributed by atoms with Crippen molar-refractivity contribution in [1.82, 2.24) is 9.97 Å². The van der Waals surface area contributed by atoms with Crippen molar-refractivity contribution >= 4 is 28.6 Å². The van der Waals surface area contributed by atoms with Crippen LogP contribution in [0.5, 0.6) is 0 Å². The van der Waals surface area contributed by atoms with E-state index in [-0.39, 0.29) is 12.5 Å². The Balaban J connectivity index is 2.33. The zero-order valence-corrected chi connectivity index (χ0v) is 10.7. The maximum absolute atomic E-state index is 11.5. The Morgan fingerprint density at radius 3 is 2.94 bits per heavy atom. The summed E-state index contributed by atoms with van der Waals surface area (Å²) in [4.78, 5) is 19.9. The molecule has 5 nitrogen and oxygen atoms in total. The summed E-state index contributed by atoms with van der Waals surface area (Å²) in [5.41, 5.74) is 6.42. The van der Waals surface area contributed by atoms with Crippen LogP contribution < -0.4 is 5.73 Å². The fourth-order valence-corrected chi connectivity index (χ4v) is 2.50. The van der Waals surface area contributed by atoms with Crippen molar-refractivity contribution < 1.29 is 9.53 Å². The Morgan fingerprint density at radius 1 is 1.44 bits per heavy atom. The average molecular weight is 263 g/mol. The van der Waals surface area contributed by atoms with Gasteiger partial charge >= 0.3 is 5.97 Å². The lowest BCUT2D eigenvalue weighted by Crippen LogP contribution is -2.27. The maximum Gasteiger partial charge on any atom is 0.320 e. The number of carbonyl (C=O) groups excluding carboxylic acids is 1. The summed E-state index contributed by atoms with van der Waals surface area (Å²) >= 11 is 1.30. The van der Waals surface area contributed by atoms with Crippen LogP contribution in [0.15, 0.2) is 35.6 Å². The number of benzene rings is 1. The highest BCUT2D eigenvalue weighted by Crippen LogP contribution is 2.27. The van der Waals surface area contributed by atoms with Crippen LogP contribution >= 0.6 is 11.8 Å². The number of thioether (sulfide) groups is 1. The molecule has 0 saturated heterocycles. The zero-order valence-electron chi connectivity index (χ0n) is 9.87. The number of methoxy groups -OCH3 is 1. The van der Waals surface area contributed by atoms with E-state index < -0.39 is 5.25 Å². The van der Waals surface area contributed by atoms with Crippen LogP contribution in [0, 0.1) is 0 Å². The third-order valence-electron chi connectivity index (χ3n) is 2.44. The predicted molar refractivity (Wildman–Crippen MR) is 70.3 cm³/mol. The van der Waals surface area contributed by atoms with Crippen molar-refractivity contribution in [1.29, 1.82) is 0 Å². The van der Waals surface area contributed by atoms with E-state index >= 15 is 0 Å². The molecule has 94 valence electrons. The fourth-order valence-electron chi connectivity index (χ4n) is 1.53. The minimum absolute atomic E-state index is 0.204. The van der Waals surface area contributed by atoms with Crippen molar-refractivity contribution in [3.8, 4) is 0 Å². The van der Waals surface area contributed by atoms with E-state index in [1.807, 2.05) is 24.3 Å². The van der Waals surface area contributed by atoms with Crippen molar-refractivity contribution in [2.75, 3.05) is 13.7 Å². The summed E-state index contributed by atoms with van der Waals surface area (Å²) < 4.78 is 4.70. The van der Waals surface area contributed by atoms with Gasteiger partial charge in [-0.15, -0.1) is 0 Å². The van der Waals surface area contributed by atoms with Crippen molar-refractivity contribution in [3.63, 3.8) is 0 Å². The SMILES string of the molecule is COC(=O)C(CN)Sc1ncnc2ccccc12. The predicted octanol–water partition coefficient (Wildman–Crippen LogP) is 1.22. The third kappa shape index (κ3) is 2.60. The lowest BCUT2D eigenvalue weighted by atomic mass is 10.2. The number of aromatic nitrogens is 2. The van der Waals surface area contributed by atoms with Gasteiger partial charge in [0.2, 0.25) is 0 Å². The summed E-state index contributed by atoms with van der Waals surface area (Å²) in [6.07, 6.45) is 1.48. The molecule has 1 heterocycles. The molecule has 0 aliphatic heterocycles. The molecule has 0 fully saturated rings. The number of nitrogens with zero attached hydrogens (tertiary/aromatic N) is 2. The van der Waals surface area contributed by atoms with Gasteiger partial charge in [-0.25, -0.2) is 9.97 Å². The normalized spacial score (nSPS) is 12.3. The molecule has 2 N–H and O–H groups in total. The first-order valence-corrected chi connectivity index (χ1v) is 6.28. The summed E-state index contributed by atoms with van der Waals surface area (Å²) in [5, 5.41) is 1.20. The third-order valence-corrected chi connectivity index (χ3v) is 3.66. The number of hydrogen-bond acceptors (Lipinski definition) is 6. The van der Waals surface area contributed by atoms with E-state index in [1.165, 1.54) is 25.2 Å². The van der Waals surface area contributed by atoms with Crippen LogP contribution in [0.25, 0.3) is 10.9 Å². The second-order valence-electron chi connectivity index (χ2n) is 3.56. The van der Waals surface area contributed by atoms with E-state index in [0.717, 1.165) is 15.9 Å². The number of hydrogen-bond donors (Lipinski definition) is 1. The van der Waals surface area contributed by atoms with Gasteiger partial charge in [-0.3, -0.25) is 4.79 Å². The molecule has 0 bridgehead atoms. The van der Waals surface area contributed by atoms with Gasteiger partial charge in [-0.05, 0) is 6.07 Å². The van der Waals surface area contributed by atoms with Gasteiger partial charge in [0.25, 0.3) is 0 Å². The highest BCUT2D eigenvalue weighted by molar-refractivity contribution is 8.00. The zero-order chi connectivity index (χ0) is 13.0. The molecule has 0 aliphatic rings. The number of esters is 1. The number of ether oxygens (including phenoxy) is 1.